The Morgan fingerprint density at radius 3 is 2.65 bits per heavy atom. The molecule has 0 spiro atoms. The largest absolute Gasteiger partial charge is 0.490 e. The van der Waals surface area contributed by atoms with Gasteiger partial charge in [0.1, 0.15) is 19.0 Å². The number of esters is 1. The fourth-order valence-electron chi connectivity index (χ4n) is 1.89. The van der Waals surface area contributed by atoms with Crippen LogP contribution < -0.4 is 9.61 Å². The van der Waals surface area contributed by atoms with Gasteiger partial charge >= 0.3 is 10.8 Å². The first-order valence-corrected chi connectivity index (χ1v) is 7.91. The fourth-order valence-corrected chi connectivity index (χ4v) is 2.65. The molecule has 0 N–H and O–H groups in total. The summed E-state index contributed by atoms with van der Waals surface area (Å²) < 4.78 is 12.0. The molecule has 0 aliphatic carbocycles. The summed E-state index contributed by atoms with van der Waals surface area (Å²) in [5.41, 5.74) is 1.40. The topological polar surface area (TPSA) is 81.3 Å². The lowest BCUT2D eigenvalue weighted by Crippen LogP contribution is -2.19. The second-order valence-corrected chi connectivity index (χ2v) is 5.57. The van der Waals surface area contributed by atoms with Gasteiger partial charge in [0.15, 0.2) is 0 Å². The predicted molar refractivity (Wildman–Crippen MR) is 85.5 cm³/mol. The van der Waals surface area contributed by atoms with Crippen LogP contribution in [-0.4, -0.2) is 23.8 Å². The van der Waals surface area contributed by atoms with Crippen LogP contribution in [0, 0.1) is 18.3 Å². The van der Waals surface area contributed by atoms with E-state index in [0.29, 0.717) is 17.9 Å². The third kappa shape index (κ3) is 4.97. The highest BCUT2D eigenvalue weighted by molar-refractivity contribution is 7.07. The Labute approximate surface area is 137 Å². The normalized spacial score (nSPS) is 10.1. The molecule has 1 aromatic carbocycles. The van der Waals surface area contributed by atoms with Crippen LogP contribution in [0.4, 0.5) is 0 Å². The zero-order valence-electron chi connectivity index (χ0n) is 12.7. The van der Waals surface area contributed by atoms with Gasteiger partial charge in [-0.15, -0.1) is 0 Å². The van der Waals surface area contributed by atoms with Gasteiger partial charge in [0.25, 0.3) is 0 Å². The molecule has 0 atom stereocenters. The molecule has 2 aromatic rings. The predicted octanol–water partition coefficient (Wildman–Crippen LogP) is 2.10. The molecule has 2 rings (SSSR count). The number of aryl methyl sites for hydroxylation is 1. The van der Waals surface area contributed by atoms with Crippen LogP contribution in [0.25, 0.3) is 0 Å². The quantitative estimate of drug-likeness (QED) is 0.573. The zero-order chi connectivity index (χ0) is 16.7. The van der Waals surface area contributed by atoms with E-state index in [2.05, 4.69) is 0 Å². The Kier molecular flexibility index (Phi) is 5.94. The minimum absolute atomic E-state index is 0.0700. The van der Waals surface area contributed by atoms with Crippen molar-refractivity contribution < 1.29 is 14.3 Å². The average molecular weight is 332 g/mol. The number of benzene rings is 1. The van der Waals surface area contributed by atoms with Gasteiger partial charge in [-0.05, 0) is 31.2 Å². The molecule has 0 aliphatic rings. The highest BCUT2D eigenvalue weighted by Crippen LogP contribution is 2.11. The third-order valence-electron chi connectivity index (χ3n) is 3.11. The van der Waals surface area contributed by atoms with Crippen LogP contribution in [0.3, 0.4) is 0 Å². The summed E-state index contributed by atoms with van der Waals surface area (Å²) in [6, 6.07) is 8.70. The van der Waals surface area contributed by atoms with Crippen LogP contribution in [0.5, 0.6) is 5.75 Å². The molecule has 0 radical (unpaired) electrons. The highest BCUT2D eigenvalue weighted by atomic mass is 32.1. The van der Waals surface area contributed by atoms with Crippen molar-refractivity contribution in [3.05, 3.63) is 50.6 Å². The molecule has 1 aromatic heterocycles. The minimum Gasteiger partial charge on any atom is -0.490 e. The Bertz CT molecular complexity index is 756. The van der Waals surface area contributed by atoms with Crippen molar-refractivity contribution in [2.75, 3.05) is 13.2 Å². The van der Waals surface area contributed by atoms with E-state index in [0.717, 1.165) is 17.0 Å². The summed E-state index contributed by atoms with van der Waals surface area (Å²) in [5, 5.41) is 10.5. The van der Waals surface area contributed by atoms with Crippen LogP contribution in [-0.2, 0) is 16.1 Å². The van der Waals surface area contributed by atoms with E-state index < -0.39 is 0 Å². The Balaban J connectivity index is 1.67. The van der Waals surface area contributed by atoms with Crippen LogP contribution in [0.15, 0.2) is 34.4 Å². The van der Waals surface area contributed by atoms with Gasteiger partial charge in [0.2, 0.25) is 0 Å². The molecule has 0 unspecified atom stereocenters. The van der Waals surface area contributed by atoms with Gasteiger partial charge in [-0.2, -0.15) is 5.26 Å². The lowest BCUT2D eigenvalue weighted by molar-refractivity contribution is -0.144. The number of hydrogen-bond donors (Lipinski definition) is 0. The number of nitrogens with zero attached hydrogens (tertiary/aromatic N) is 2. The number of thiazole rings is 1. The van der Waals surface area contributed by atoms with E-state index in [1.54, 1.807) is 34.2 Å². The van der Waals surface area contributed by atoms with E-state index in [9.17, 15) is 9.59 Å². The number of carbonyl (C=O) groups is 1. The van der Waals surface area contributed by atoms with E-state index in [1.807, 2.05) is 13.0 Å². The second kappa shape index (κ2) is 8.15. The van der Waals surface area contributed by atoms with Crippen LogP contribution >= 0.6 is 11.3 Å². The molecule has 6 nitrogen and oxygen atoms in total. The summed E-state index contributed by atoms with van der Waals surface area (Å²) in [6.45, 7) is 2.52. The van der Waals surface area contributed by atoms with Crippen LogP contribution in [0.1, 0.15) is 17.7 Å². The molecule has 1 heterocycles. The lowest BCUT2D eigenvalue weighted by Gasteiger charge is -2.08. The number of carbonyl (C=O) groups excluding carboxylic acids is 1. The van der Waals surface area contributed by atoms with E-state index in [4.69, 9.17) is 14.7 Å². The number of aromatic nitrogens is 1. The molecule has 0 saturated heterocycles. The number of rotatable bonds is 7. The standard InChI is InChI=1S/C16H16N2O4S/c1-12-11-23-16(20)18(12)7-6-15(19)22-9-8-21-14-4-2-13(10-17)3-5-14/h2-5,11H,6-9H2,1H3. The van der Waals surface area contributed by atoms with E-state index in [1.165, 1.54) is 0 Å². The Morgan fingerprint density at radius 2 is 2.04 bits per heavy atom. The SMILES string of the molecule is Cc1csc(=O)n1CCC(=O)OCCOc1ccc(C#N)cc1. The van der Waals surface area contributed by atoms with Crippen molar-refractivity contribution in [3.63, 3.8) is 0 Å². The maximum absolute atomic E-state index is 11.6. The summed E-state index contributed by atoms with van der Waals surface area (Å²) in [5.74, 6) is 0.242. The third-order valence-corrected chi connectivity index (χ3v) is 4.00. The molecule has 7 heteroatoms. The first-order chi connectivity index (χ1) is 11.1. The van der Waals surface area contributed by atoms with Gasteiger partial charge in [-0.1, -0.05) is 11.3 Å². The molecule has 0 amide bonds. The van der Waals surface area contributed by atoms with Gasteiger partial charge < -0.3 is 14.0 Å². The first kappa shape index (κ1) is 16.8. The maximum Gasteiger partial charge on any atom is 0.307 e. The number of hydrogen-bond acceptors (Lipinski definition) is 6. The van der Waals surface area contributed by atoms with E-state index >= 15 is 0 Å². The van der Waals surface area contributed by atoms with Gasteiger partial charge in [-0.3, -0.25) is 9.59 Å². The smallest absolute Gasteiger partial charge is 0.307 e. The van der Waals surface area contributed by atoms with Gasteiger partial charge in [0.05, 0.1) is 18.1 Å². The van der Waals surface area contributed by atoms with E-state index in [-0.39, 0.29) is 30.5 Å². The molecule has 23 heavy (non-hydrogen) atoms. The summed E-state index contributed by atoms with van der Waals surface area (Å²) in [6.07, 6.45) is 0.147. The van der Waals surface area contributed by atoms with Crippen molar-refractivity contribution in [2.24, 2.45) is 0 Å². The second-order valence-electron chi connectivity index (χ2n) is 4.75. The molecular weight excluding hydrogens is 316 g/mol. The Morgan fingerprint density at radius 1 is 1.30 bits per heavy atom. The lowest BCUT2D eigenvalue weighted by atomic mass is 10.2. The zero-order valence-corrected chi connectivity index (χ0v) is 13.5. The highest BCUT2D eigenvalue weighted by Gasteiger charge is 2.07. The maximum atomic E-state index is 11.6. The first-order valence-electron chi connectivity index (χ1n) is 7.03. The average Bonchev–Trinajstić information content (AvgIpc) is 2.88. The van der Waals surface area contributed by atoms with Crippen molar-refractivity contribution in [2.45, 2.75) is 19.9 Å². The fraction of sp³-hybridized carbons (Fsp3) is 0.312. The van der Waals surface area contributed by atoms with Crippen molar-refractivity contribution in [1.82, 2.24) is 4.57 Å². The molecule has 0 saturated carbocycles. The molecule has 0 bridgehead atoms. The number of nitriles is 1. The van der Waals surface area contributed by atoms with Crippen molar-refractivity contribution >= 4 is 17.3 Å². The Hall–Kier alpha value is -2.59. The van der Waals surface area contributed by atoms with Crippen LogP contribution in [0.2, 0.25) is 0 Å². The minimum atomic E-state index is -0.370. The molecule has 120 valence electrons. The molecule has 0 fully saturated rings. The van der Waals surface area contributed by atoms with Crippen molar-refractivity contribution in [3.8, 4) is 11.8 Å². The molecular formula is C16H16N2O4S. The number of ether oxygens (including phenoxy) is 2. The van der Waals surface area contributed by atoms with Gasteiger partial charge in [0, 0.05) is 17.6 Å². The monoisotopic (exact) mass is 332 g/mol. The summed E-state index contributed by atoms with van der Waals surface area (Å²) in [7, 11) is 0. The molecule has 0 aliphatic heterocycles. The van der Waals surface area contributed by atoms with Gasteiger partial charge in [-0.25, -0.2) is 0 Å². The summed E-state index contributed by atoms with van der Waals surface area (Å²) >= 11 is 1.12. The van der Waals surface area contributed by atoms with Crippen molar-refractivity contribution in [1.29, 1.82) is 5.26 Å². The summed E-state index contributed by atoms with van der Waals surface area (Å²) in [4.78, 5) is 23.1.